The van der Waals surface area contributed by atoms with E-state index in [0.29, 0.717) is 17.6 Å². The van der Waals surface area contributed by atoms with Gasteiger partial charge in [-0.15, -0.1) is 0 Å². The number of anilines is 1. The van der Waals surface area contributed by atoms with Crippen molar-refractivity contribution in [2.75, 3.05) is 11.4 Å². The summed E-state index contributed by atoms with van der Waals surface area (Å²) in [6.45, 7) is 4.86. The van der Waals surface area contributed by atoms with Crippen molar-refractivity contribution in [2.45, 2.75) is 32.7 Å². The minimum absolute atomic E-state index is 0.0549. The van der Waals surface area contributed by atoms with Gasteiger partial charge in [0.15, 0.2) is 0 Å². The molecule has 0 spiro atoms. The lowest BCUT2D eigenvalue weighted by molar-refractivity contribution is -0.384. The minimum Gasteiger partial charge on any atom is -0.478 e. The van der Waals surface area contributed by atoms with Crippen LogP contribution in [0.4, 0.5) is 11.4 Å². The van der Waals surface area contributed by atoms with Gasteiger partial charge in [0.1, 0.15) is 5.69 Å². The Morgan fingerprint density at radius 1 is 1.50 bits per heavy atom. The van der Waals surface area contributed by atoms with E-state index in [-0.39, 0.29) is 11.3 Å². The first-order valence-corrected chi connectivity index (χ1v) is 6.68. The van der Waals surface area contributed by atoms with Crippen molar-refractivity contribution in [1.82, 2.24) is 0 Å². The molecular weight excluding hydrogens is 260 g/mol. The molecule has 6 heteroatoms. The third kappa shape index (κ3) is 3.07. The largest absolute Gasteiger partial charge is 0.478 e. The summed E-state index contributed by atoms with van der Waals surface area (Å²) in [6, 6.07) is 4.47. The summed E-state index contributed by atoms with van der Waals surface area (Å²) >= 11 is 0. The van der Waals surface area contributed by atoms with Crippen LogP contribution in [0.5, 0.6) is 0 Å². The van der Waals surface area contributed by atoms with Crippen LogP contribution in [-0.2, 0) is 0 Å². The summed E-state index contributed by atoms with van der Waals surface area (Å²) in [5.74, 6) is -0.768. The van der Waals surface area contributed by atoms with Crippen LogP contribution in [0.3, 0.4) is 0 Å². The predicted octanol–water partition coefficient (Wildman–Crippen LogP) is 2.92. The Morgan fingerprint density at radius 3 is 2.60 bits per heavy atom. The molecule has 1 aliphatic rings. The number of carboxylic acid groups (broad SMARTS) is 1. The number of nitro groups is 1. The summed E-state index contributed by atoms with van der Waals surface area (Å²) in [5.41, 5.74) is 0.342. The van der Waals surface area contributed by atoms with Gasteiger partial charge < -0.3 is 10.0 Å². The van der Waals surface area contributed by atoms with Crippen LogP contribution in [0.1, 0.15) is 37.0 Å². The molecule has 1 saturated carbocycles. The topological polar surface area (TPSA) is 83.7 Å². The first-order valence-electron chi connectivity index (χ1n) is 6.68. The number of hydrogen-bond acceptors (Lipinski definition) is 4. The lowest BCUT2D eigenvalue weighted by atomic mass is 10.1. The van der Waals surface area contributed by atoms with Gasteiger partial charge in [-0.3, -0.25) is 10.1 Å². The number of nitrogens with zero attached hydrogens (tertiary/aromatic N) is 2. The lowest BCUT2D eigenvalue weighted by Crippen LogP contribution is -2.30. The Labute approximate surface area is 117 Å². The summed E-state index contributed by atoms with van der Waals surface area (Å²) in [4.78, 5) is 23.7. The maximum Gasteiger partial charge on any atom is 0.335 e. The predicted molar refractivity (Wildman–Crippen MR) is 75.3 cm³/mol. The van der Waals surface area contributed by atoms with Gasteiger partial charge in [0.05, 0.1) is 10.5 Å². The van der Waals surface area contributed by atoms with Crippen LogP contribution in [0.15, 0.2) is 18.2 Å². The van der Waals surface area contributed by atoms with E-state index in [1.54, 1.807) is 6.07 Å². The van der Waals surface area contributed by atoms with Gasteiger partial charge in [0.2, 0.25) is 0 Å². The van der Waals surface area contributed by atoms with E-state index >= 15 is 0 Å². The second-order valence-electron chi connectivity index (χ2n) is 5.54. The highest BCUT2D eigenvalue weighted by molar-refractivity contribution is 5.90. The van der Waals surface area contributed by atoms with E-state index in [1.807, 2.05) is 4.90 Å². The van der Waals surface area contributed by atoms with Gasteiger partial charge in [-0.25, -0.2) is 4.79 Å². The Balaban J connectivity index is 2.42. The number of rotatable bonds is 6. The van der Waals surface area contributed by atoms with Gasteiger partial charge in [0.25, 0.3) is 5.69 Å². The summed E-state index contributed by atoms with van der Waals surface area (Å²) in [7, 11) is 0. The average molecular weight is 278 g/mol. The molecule has 0 amide bonds. The van der Waals surface area contributed by atoms with Crippen molar-refractivity contribution >= 4 is 17.3 Å². The van der Waals surface area contributed by atoms with Gasteiger partial charge in [-0.05, 0) is 30.9 Å². The first kappa shape index (κ1) is 14.3. The zero-order valence-electron chi connectivity index (χ0n) is 11.6. The average Bonchev–Trinajstić information content (AvgIpc) is 3.19. The summed E-state index contributed by atoms with van der Waals surface area (Å²) in [5, 5.41) is 20.2. The van der Waals surface area contributed by atoms with E-state index in [1.165, 1.54) is 6.07 Å². The third-order valence-corrected chi connectivity index (χ3v) is 3.28. The first-order chi connectivity index (χ1) is 9.40. The third-order valence-electron chi connectivity index (χ3n) is 3.28. The molecule has 0 radical (unpaired) electrons. The van der Waals surface area contributed by atoms with E-state index in [2.05, 4.69) is 13.8 Å². The van der Waals surface area contributed by atoms with Gasteiger partial charge in [-0.1, -0.05) is 13.8 Å². The molecule has 1 aliphatic carbocycles. The molecule has 108 valence electrons. The fourth-order valence-electron chi connectivity index (χ4n) is 2.27. The SMILES string of the molecule is CC(C)CN(c1ccc(C(=O)O)cc1[N+](=O)[O-])C1CC1. The molecule has 0 bridgehead atoms. The Morgan fingerprint density at radius 2 is 2.15 bits per heavy atom. The molecule has 0 aromatic heterocycles. The molecule has 0 saturated heterocycles. The quantitative estimate of drug-likeness (QED) is 0.639. The van der Waals surface area contributed by atoms with Gasteiger partial charge >= 0.3 is 5.97 Å². The number of carbonyl (C=O) groups is 1. The highest BCUT2D eigenvalue weighted by Gasteiger charge is 2.33. The molecule has 0 heterocycles. The Hall–Kier alpha value is -2.11. The molecule has 0 aliphatic heterocycles. The van der Waals surface area contributed by atoms with Crippen LogP contribution in [0.2, 0.25) is 0 Å². The molecular formula is C14H18N2O4. The fraction of sp³-hybridized carbons (Fsp3) is 0.500. The second kappa shape index (κ2) is 5.48. The van der Waals surface area contributed by atoms with E-state index < -0.39 is 10.9 Å². The van der Waals surface area contributed by atoms with Crippen LogP contribution in [0.25, 0.3) is 0 Å². The molecule has 0 unspecified atom stereocenters. The normalized spacial score (nSPS) is 14.3. The van der Waals surface area contributed by atoms with Crippen molar-refractivity contribution in [3.8, 4) is 0 Å². The van der Waals surface area contributed by atoms with Crippen LogP contribution in [0, 0.1) is 16.0 Å². The van der Waals surface area contributed by atoms with Crippen LogP contribution >= 0.6 is 0 Å². The van der Waals surface area contributed by atoms with Crippen molar-refractivity contribution in [3.05, 3.63) is 33.9 Å². The van der Waals surface area contributed by atoms with Crippen molar-refractivity contribution in [1.29, 1.82) is 0 Å². The Kier molecular flexibility index (Phi) is 3.92. The summed E-state index contributed by atoms with van der Waals surface area (Å²) in [6.07, 6.45) is 2.06. The molecule has 1 N–H and O–H groups in total. The standard InChI is InChI=1S/C14H18N2O4/c1-9(2)8-15(11-4-5-11)12-6-3-10(14(17)18)7-13(12)16(19)20/h3,6-7,9,11H,4-5,8H2,1-2H3,(H,17,18). The highest BCUT2D eigenvalue weighted by atomic mass is 16.6. The molecule has 6 nitrogen and oxygen atoms in total. The summed E-state index contributed by atoms with van der Waals surface area (Å²) < 4.78 is 0. The highest BCUT2D eigenvalue weighted by Crippen LogP contribution is 2.37. The lowest BCUT2D eigenvalue weighted by Gasteiger charge is -2.26. The monoisotopic (exact) mass is 278 g/mol. The fourth-order valence-corrected chi connectivity index (χ4v) is 2.27. The molecule has 1 fully saturated rings. The van der Waals surface area contributed by atoms with E-state index in [9.17, 15) is 14.9 Å². The molecule has 2 rings (SSSR count). The van der Waals surface area contributed by atoms with Crippen LogP contribution < -0.4 is 4.90 Å². The molecule has 1 aromatic carbocycles. The van der Waals surface area contributed by atoms with E-state index in [0.717, 1.165) is 25.5 Å². The Bertz CT molecular complexity index is 538. The molecule has 20 heavy (non-hydrogen) atoms. The van der Waals surface area contributed by atoms with Crippen molar-refractivity contribution in [3.63, 3.8) is 0 Å². The number of hydrogen-bond donors (Lipinski definition) is 1. The van der Waals surface area contributed by atoms with Gasteiger partial charge in [-0.2, -0.15) is 0 Å². The van der Waals surface area contributed by atoms with Crippen molar-refractivity contribution < 1.29 is 14.8 Å². The number of benzene rings is 1. The zero-order chi connectivity index (χ0) is 14.9. The van der Waals surface area contributed by atoms with Crippen molar-refractivity contribution in [2.24, 2.45) is 5.92 Å². The van der Waals surface area contributed by atoms with Crippen LogP contribution in [-0.4, -0.2) is 28.6 Å². The number of aromatic carboxylic acids is 1. The maximum atomic E-state index is 11.2. The zero-order valence-corrected chi connectivity index (χ0v) is 11.6. The van der Waals surface area contributed by atoms with Gasteiger partial charge in [0, 0.05) is 18.7 Å². The smallest absolute Gasteiger partial charge is 0.335 e. The number of carboxylic acids is 1. The second-order valence-corrected chi connectivity index (χ2v) is 5.54. The van der Waals surface area contributed by atoms with E-state index in [4.69, 9.17) is 5.11 Å². The minimum atomic E-state index is -1.15. The number of nitro benzene ring substituents is 1. The molecule has 0 atom stereocenters. The maximum absolute atomic E-state index is 11.2. The molecule has 1 aromatic rings.